The minimum absolute atomic E-state index is 0.403. The Morgan fingerprint density at radius 2 is 1.83 bits per heavy atom. The summed E-state index contributed by atoms with van der Waals surface area (Å²) in [5.74, 6) is 1.62. The van der Waals surface area contributed by atoms with E-state index in [4.69, 9.17) is 0 Å². The van der Waals surface area contributed by atoms with Crippen LogP contribution in [-0.2, 0) is 4.79 Å². The van der Waals surface area contributed by atoms with Crippen LogP contribution in [0.3, 0.4) is 0 Å². The van der Waals surface area contributed by atoms with Crippen molar-refractivity contribution in [2.24, 2.45) is 5.92 Å². The van der Waals surface area contributed by atoms with E-state index in [1.807, 2.05) is 6.26 Å². The maximum Gasteiger partial charge on any atom is 0.145 e. The molecule has 0 bridgehead atoms. The molecule has 1 saturated carbocycles. The molecule has 2 heteroatoms. The van der Waals surface area contributed by atoms with Gasteiger partial charge in [0, 0.05) is 5.92 Å². The fourth-order valence-electron chi connectivity index (χ4n) is 1.86. The maximum atomic E-state index is 11.5. The second kappa shape index (κ2) is 5.63. The Morgan fingerprint density at radius 1 is 1.25 bits per heavy atom. The average Bonchev–Trinajstić information content (AvgIpc) is 2.32. The third-order valence-electron chi connectivity index (χ3n) is 2.60. The standard InChI is InChI=1S/C10H18OS/c1-12-8-10(11)9-6-4-2-3-5-7-9/h9H,2-8H2,1H3. The van der Waals surface area contributed by atoms with Crippen molar-refractivity contribution in [2.45, 2.75) is 38.5 Å². The smallest absolute Gasteiger partial charge is 0.145 e. The molecule has 0 aliphatic heterocycles. The molecule has 1 aliphatic carbocycles. The third kappa shape index (κ3) is 3.18. The Balaban J connectivity index is 2.32. The molecule has 0 aromatic heterocycles. The first kappa shape index (κ1) is 10.1. The van der Waals surface area contributed by atoms with E-state index in [2.05, 4.69) is 0 Å². The number of Topliss-reactive ketones (excluding diaryl/α,β-unsaturated/α-hetero) is 1. The summed E-state index contributed by atoms with van der Waals surface area (Å²) in [6.45, 7) is 0. The average molecular weight is 186 g/mol. The summed E-state index contributed by atoms with van der Waals surface area (Å²) in [7, 11) is 0. The van der Waals surface area contributed by atoms with Crippen molar-refractivity contribution in [3.8, 4) is 0 Å². The van der Waals surface area contributed by atoms with Crippen LogP contribution in [0.15, 0.2) is 0 Å². The van der Waals surface area contributed by atoms with Gasteiger partial charge in [-0.3, -0.25) is 4.79 Å². The van der Waals surface area contributed by atoms with Crippen molar-refractivity contribution in [1.82, 2.24) is 0 Å². The van der Waals surface area contributed by atoms with E-state index >= 15 is 0 Å². The largest absolute Gasteiger partial charge is 0.298 e. The summed E-state index contributed by atoms with van der Waals surface area (Å²) in [5.41, 5.74) is 0. The van der Waals surface area contributed by atoms with Crippen LogP contribution < -0.4 is 0 Å². The molecule has 0 unspecified atom stereocenters. The lowest BCUT2D eigenvalue weighted by atomic mass is 9.96. The van der Waals surface area contributed by atoms with Crippen LogP contribution in [0, 0.1) is 5.92 Å². The van der Waals surface area contributed by atoms with Gasteiger partial charge >= 0.3 is 0 Å². The molecule has 0 spiro atoms. The van der Waals surface area contributed by atoms with Gasteiger partial charge in [-0.1, -0.05) is 25.7 Å². The summed E-state index contributed by atoms with van der Waals surface area (Å²) < 4.78 is 0. The highest BCUT2D eigenvalue weighted by Gasteiger charge is 2.18. The minimum Gasteiger partial charge on any atom is -0.298 e. The monoisotopic (exact) mass is 186 g/mol. The van der Waals surface area contributed by atoms with Crippen LogP contribution in [0.1, 0.15) is 38.5 Å². The molecular formula is C10H18OS. The first-order valence-corrected chi connectivity index (χ1v) is 6.25. The zero-order valence-electron chi connectivity index (χ0n) is 7.84. The molecule has 12 heavy (non-hydrogen) atoms. The lowest BCUT2D eigenvalue weighted by Crippen LogP contribution is -2.15. The van der Waals surface area contributed by atoms with Crippen LogP contribution >= 0.6 is 11.8 Å². The van der Waals surface area contributed by atoms with Gasteiger partial charge in [-0.25, -0.2) is 0 Å². The number of carbonyl (C=O) groups excluding carboxylic acids is 1. The highest BCUT2D eigenvalue weighted by molar-refractivity contribution is 7.99. The van der Waals surface area contributed by atoms with Crippen molar-refractivity contribution >= 4 is 17.5 Å². The van der Waals surface area contributed by atoms with Gasteiger partial charge in [0.2, 0.25) is 0 Å². The van der Waals surface area contributed by atoms with Gasteiger partial charge in [-0.15, -0.1) is 0 Å². The molecule has 1 fully saturated rings. The predicted molar refractivity (Wildman–Crippen MR) is 54.6 cm³/mol. The normalized spacial score (nSPS) is 20.4. The van der Waals surface area contributed by atoms with E-state index in [1.54, 1.807) is 11.8 Å². The van der Waals surface area contributed by atoms with E-state index in [-0.39, 0.29) is 0 Å². The van der Waals surface area contributed by atoms with Gasteiger partial charge in [0.1, 0.15) is 5.78 Å². The molecule has 0 radical (unpaired) electrons. The quantitative estimate of drug-likeness (QED) is 0.630. The van der Waals surface area contributed by atoms with Crippen LogP contribution in [-0.4, -0.2) is 17.8 Å². The van der Waals surface area contributed by atoms with Gasteiger partial charge < -0.3 is 0 Å². The third-order valence-corrected chi connectivity index (χ3v) is 3.17. The van der Waals surface area contributed by atoms with Gasteiger partial charge in [-0.05, 0) is 19.1 Å². The first-order chi connectivity index (χ1) is 5.84. The molecule has 0 aromatic rings. The predicted octanol–water partition coefficient (Wildman–Crippen LogP) is 2.89. The number of hydrogen-bond donors (Lipinski definition) is 0. The molecule has 1 aliphatic rings. The highest BCUT2D eigenvalue weighted by Crippen LogP contribution is 2.24. The number of hydrogen-bond acceptors (Lipinski definition) is 2. The molecule has 0 N–H and O–H groups in total. The zero-order valence-corrected chi connectivity index (χ0v) is 8.66. The summed E-state index contributed by atoms with van der Waals surface area (Å²) in [4.78, 5) is 11.5. The van der Waals surface area contributed by atoms with Gasteiger partial charge in [0.25, 0.3) is 0 Å². The summed E-state index contributed by atoms with van der Waals surface area (Å²) in [6.07, 6.45) is 9.52. The molecule has 0 amide bonds. The van der Waals surface area contributed by atoms with Crippen molar-refractivity contribution in [1.29, 1.82) is 0 Å². The Kier molecular flexibility index (Phi) is 4.74. The molecule has 0 saturated heterocycles. The molecule has 0 heterocycles. The lowest BCUT2D eigenvalue weighted by molar-refractivity contribution is -0.120. The number of ketones is 1. The van der Waals surface area contributed by atoms with E-state index < -0.39 is 0 Å². The molecular weight excluding hydrogens is 168 g/mol. The molecule has 0 atom stereocenters. The van der Waals surface area contributed by atoms with Crippen molar-refractivity contribution in [3.05, 3.63) is 0 Å². The van der Waals surface area contributed by atoms with Crippen molar-refractivity contribution in [2.75, 3.05) is 12.0 Å². The molecule has 70 valence electrons. The Bertz CT molecular complexity index is 137. The second-order valence-corrected chi connectivity index (χ2v) is 4.45. The number of rotatable bonds is 3. The first-order valence-electron chi connectivity index (χ1n) is 4.86. The number of thioether (sulfide) groups is 1. The Labute approximate surface area is 79.3 Å². The summed E-state index contributed by atoms with van der Waals surface area (Å²) in [5, 5.41) is 0. The summed E-state index contributed by atoms with van der Waals surface area (Å²) >= 11 is 1.66. The SMILES string of the molecule is CSCC(=O)C1CCCCCC1. The molecule has 0 aromatic carbocycles. The number of carbonyl (C=O) groups is 1. The maximum absolute atomic E-state index is 11.5. The minimum atomic E-state index is 0.403. The highest BCUT2D eigenvalue weighted by atomic mass is 32.2. The van der Waals surface area contributed by atoms with E-state index in [9.17, 15) is 4.79 Å². The van der Waals surface area contributed by atoms with E-state index in [1.165, 1.54) is 25.7 Å². The fraction of sp³-hybridized carbons (Fsp3) is 0.900. The van der Waals surface area contributed by atoms with E-state index in [0.717, 1.165) is 18.6 Å². The second-order valence-electron chi connectivity index (χ2n) is 3.59. The van der Waals surface area contributed by atoms with E-state index in [0.29, 0.717) is 11.7 Å². The van der Waals surface area contributed by atoms with Gasteiger partial charge in [0.05, 0.1) is 5.75 Å². The Morgan fingerprint density at radius 3 is 2.33 bits per heavy atom. The van der Waals surface area contributed by atoms with Gasteiger partial charge in [0.15, 0.2) is 0 Å². The lowest BCUT2D eigenvalue weighted by Gasteiger charge is -2.10. The topological polar surface area (TPSA) is 17.1 Å². The zero-order chi connectivity index (χ0) is 8.81. The van der Waals surface area contributed by atoms with Crippen molar-refractivity contribution in [3.63, 3.8) is 0 Å². The van der Waals surface area contributed by atoms with Crippen LogP contribution in [0.4, 0.5) is 0 Å². The molecule has 1 nitrogen and oxygen atoms in total. The van der Waals surface area contributed by atoms with Gasteiger partial charge in [-0.2, -0.15) is 11.8 Å². The Hall–Kier alpha value is 0.0200. The molecule has 1 rings (SSSR count). The summed E-state index contributed by atoms with van der Waals surface area (Å²) in [6, 6.07) is 0. The van der Waals surface area contributed by atoms with Crippen LogP contribution in [0.5, 0.6) is 0 Å². The fourth-order valence-corrected chi connectivity index (χ4v) is 2.38. The van der Waals surface area contributed by atoms with Crippen LogP contribution in [0.2, 0.25) is 0 Å². The van der Waals surface area contributed by atoms with Crippen LogP contribution in [0.25, 0.3) is 0 Å². The van der Waals surface area contributed by atoms with Crippen molar-refractivity contribution < 1.29 is 4.79 Å².